The number of aryl methyl sites for hydroxylation is 1. The molecule has 0 spiro atoms. The molecule has 0 aliphatic rings. The number of nitrogens with zero attached hydrogens (tertiary/aromatic N) is 2. The molecule has 0 saturated carbocycles. The van der Waals surface area contributed by atoms with Gasteiger partial charge in [0.2, 0.25) is 15.9 Å². The number of anilines is 2. The molecule has 0 fully saturated rings. The first kappa shape index (κ1) is 22.8. The summed E-state index contributed by atoms with van der Waals surface area (Å²) < 4.78 is 41.8. The number of benzene rings is 3. The molecular formula is C25H26FN3O3S. The minimum atomic E-state index is -3.80. The van der Waals surface area contributed by atoms with Crippen LogP contribution < -0.4 is 9.62 Å². The summed E-state index contributed by atoms with van der Waals surface area (Å²) in [6, 6.07) is 17.9. The Morgan fingerprint density at radius 2 is 1.67 bits per heavy atom. The van der Waals surface area contributed by atoms with Gasteiger partial charge in [0.05, 0.1) is 11.9 Å². The molecule has 0 bridgehead atoms. The second-order valence-corrected chi connectivity index (χ2v) is 9.80. The number of rotatable bonds is 7. The van der Waals surface area contributed by atoms with Gasteiger partial charge in [0.15, 0.2) is 0 Å². The molecule has 0 saturated heterocycles. The summed E-state index contributed by atoms with van der Waals surface area (Å²) >= 11 is 0. The van der Waals surface area contributed by atoms with E-state index in [0.717, 1.165) is 38.9 Å². The van der Waals surface area contributed by atoms with Crippen molar-refractivity contribution in [2.24, 2.45) is 0 Å². The standard InChI is InChI=1S/C25H26FN3O3S/c1-4-22(29(33(3,31)32)19-13-10-17(26)11-14-19)25(30)27-18-12-15-24-21(16-18)20-8-6-7-9-23(20)28(24)5-2/h6-16,22H,4-5H2,1-3H3,(H,27,30)/t22-/m1/s1. The zero-order valence-electron chi connectivity index (χ0n) is 18.7. The average Bonchev–Trinajstić information content (AvgIpc) is 3.10. The monoisotopic (exact) mass is 467 g/mol. The summed E-state index contributed by atoms with van der Waals surface area (Å²) in [6.45, 7) is 4.64. The molecule has 0 aliphatic heterocycles. The maximum Gasteiger partial charge on any atom is 0.248 e. The summed E-state index contributed by atoms with van der Waals surface area (Å²) in [7, 11) is -3.80. The summed E-state index contributed by atoms with van der Waals surface area (Å²) in [5.41, 5.74) is 3.00. The third kappa shape index (κ3) is 4.30. The molecule has 4 rings (SSSR count). The maximum absolute atomic E-state index is 13.4. The highest BCUT2D eigenvalue weighted by molar-refractivity contribution is 7.92. The molecule has 8 heteroatoms. The van der Waals surface area contributed by atoms with Crippen LogP contribution in [0.4, 0.5) is 15.8 Å². The third-order valence-electron chi connectivity index (χ3n) is 5.77. The Labute approximate surface area is 192 Å². The summed E-state index contributed by atoms with van der Waals surface area (Å²) in [4.78, 5) is 13.2. The first-order valence-electron chi connectivity index (χ1n) is 10.8. The van der Waals surface area contributed by atoms with E-state index in [0.29, 0.717) is 5.69 Å². The fraction of sp³-hybridized carbons (Fsp3) is 0.240. The lowest BCUT2D eigenvalue weighted by molar-refractivity contribution is -0.117. The SMILES string of the molecule is CC[C@H](C(=O)Nc1ccc2c(c1)c1ccccc1n2CC)N(c1ccc(F)cc1)S(C)(=O)=O. The van der Waals surface area contributed by atoms with Gasteiger partial charge in [0, 0.05) is 34.0 Å². The van der Waals surface area contributed by atoms with Crippen LogP contribution in [0.5, 0.6) is 0 Å². The van der Waals surface area contributed by atoms with Gasteiger partial charge >= 0.3 is 0 Å². The molecular weight excluding hydrogens is 441 g/mol. The van der Waals surface area contributed by atoms with Crippen LogP contribution >= 0.6 is 0 Å². The number of carbonyl (C=O) groups excluding carboxylic acids is 1. The Balaban J connectivity index is 1.71. The van der Waals surface area contributed by atoms with Crippen molar-refractivity contribution in [3.05, 3.63) is 72.5 Å². The van der Waals surface area contributed by atoms with Gasteiger partial charge in [0.25, 0.3) is 0 Å². The lowest BCUT2D eigenvalue weighted by Crippen LogP contribution is -2.47. The van der Waals surface area contributed by atoms with Crippen LogP contribution in [0.1, 0.15) is 20.3 Å². The number of amides is 1. The molecule has 0 unspecified atom stereocenters. The fourth-order valence-corrected chi connectivity index (χ4v) is 5.56. The predicted molar refractivity (Wildman–Crippen MR) is 132 cm³/mol. The number of carbonyl (C=O) groups is 1. The van der Waals surface area contributed by atoms with Crippen molar-refractivity contribution < 1.29 is 17.6 Å². The zero-order valence-corrected chi connectivity index (χ0v) is 19.6. The Morgan fingerprint density at radius 3 is 2.30 bits per heavy atom. The minimum absolute atomic E-state index is 0.238. The predicted octanol–water partition coefficient (Wildman–Crippen LogP) is 5.14. The van der Waals surface area contributed by atoms with Crippen molar-refractivity contribution in [1.82, 2.24) is 4.57 Å². The fourth-order valence-electron chi connectivity index (χ4n) is 4.35. The third-order valence-corrected chi connectivity index (χ3v) is 6.95. The lowest BCUT2D eigenvalue weighted by Gasteiger charge is -2.30. The van der Waals surface area contributed by atoms with Crippen LogP contribution in [0, 0.1) is 5.82 Å². The molecule has 4 aromatic rings. The van der Waals surface area contributed by atoms with E-state index in [2.05, 4.69) is 22.9 Å². The summed E-state index contributed by atoms with van der Waals surface area (Å²) in [5.74, 6) is -0.935. The van der Waals surface area contributed by atoms with Crippen LogP contribution in [0.2, 0.25) is 0 Å². The van der Waals surface area contributed by atoms with Crippen LogP contribution in [0.15, 0.2) is 66.7 Å². The number of hydrogen-bond donors (Lipinski definition) is 1. The maximum atomic E-state index is 13.4. The molecule has 172 valence electrons. The highest BCUT2D eigenvalue weighted by Gasteiger charge is 2.31. The van der Waals surface area contributed by atoms with Crippen LogP contribution in [0.25, 0.3) is 21.8 Å². The summed E-state index contributed by atoms with van der Waals surface area (Å²) in [6.07, 6.45) is 1.28. The second-order valence-electron chi connectivity index (χ2n) is 7.94. The van der Waals surface area contributed by atoms with Gasteiger partial charge in [-0.05, 0) is 61.9 Å². The van der Waals surface area contributed by atoms with Gasteiger partial charge in [0.1, 0.15) is 11.9 Å². The molecule has 0 radical (unpaired) electrons. The Hall–Kier alpha value is -3.39. The van der Waals surface area contributed by atoms with Crippen LogP contribution in [-0.4, -0.2) is 31.2 Å². The molecule has 1 amide bonds. The Kier molecular flexibility index (Phi) is 6.12. The molecule has 6 nitrogen and oxygen atoms in total. The summed E-state index contributed by atoms with van der Waals surface area (Å²) in [5, 5.41) is 4.98. The molecule has 1 aromatic heterocycles. The van der Waals surface area contributed by atoms with E-state index in [4.69, 9.17) is 0 Å². The molecule has 0 aliphatic carbocycles. The molecule has 1 N–H and O–H groups in total. The van der Waals surface area contributed by atoms with E-state index in [9.17, 15) is 17.6 Å². The zero-order chi connectivity index (χ0) is 23.8. The highest BCUT2D eigenvalue weighted by atomic mass is 32.2. The lowest BCUT2D eigenvalue weighted by atomic mass is 10.1. The van der Waals surface area contributed by atoms with E-state index < -0.39 is 27.8 Å². The number of sulfonamides is 1. The minimum Gasteiger partial charge on any atom is -0.341 e. The number of nitrogens with one attached hydrogen (secondary N) is 1. The first-order chi connectivity index (χ1) is 15.7. The van der Waals surface area contributed by atoms with Crippen molar-refractivity contribution in [1.29, 1.82) is 0 Å². The first-order valence-corrected chi connectivity index (χ1v) is 12.7. The van der Waals surface area contributed by atoms with Gasteiger partial charge in [-0.1, -0.05) is 25.1 Å². The van der Waals surface area contributed by atoms with E-state index in [1.807, 2.05) is 36.4 Å². The quantitative estimate of drug-likeness (QED) is 0.409. The second kappa shape index (κ2) is 8.86. The topological polar surface area (TPSA) is 71.4 Å². The number of fused-ring (bicyclic) bond motifs is 3. The van der Waals surface area contributed by atoms with Crippen molar-refractivity contribution >= 4 is 49.1 Å². The van der Waals surface area contributed by atoms with Gasteiger partial charge < -0.3 is 9.88 Å². The number of para-hydroxylation sites is 1. The number of aromatic nitrogens is 1. The van der Waals surface area contributed by atoms with E-state index in [1.54, 1.807) is 6.92 Å². The Bertz CT molecular complexity index is 1430. The Morgan fingerprint density at radius 1 is 1.00 bits per heavy atom. The number of hydrogen-bond acceptors (Lipinski definition) is 3. The van der Waals surface area contributed by atoms with Gasteiger partial charge in [-0.25, -0.2) is 12.8 Å². The van der Waals surface area contributed by atoms with Gasteiger partial charge in [-0.15, -0.1) is 0 Å². The average molecular weight is 468 g/mol. The van der Waals surface area contributed by atoms with Crippen LogP contribution in [0.3, 0.4) is 0 Å². The van der Waals surface area contributed by atoms with Crippen molar-refractivity contribution in [2.75, 3.05) is 15.9 Å². The normalized spacial score (nSPS) is 12.7. The molecule has 33 heavy (non-hydrogen) atoms. The van der Waals surface area contributed by atoms with E-state index >= 15 is 0 Å². The van der Waals surface area contributed by atoms with Gasteiger partial charge in [-0.2, -0.15) is 0 Å². The van der Waals surface area contributed by atoms with E-state index in [1.165, 1.54) is 24.3 Å². The van der Waals surface area contributed by atoms with Gasteiger partial charge in [-0.3, -0.25) is 9.10 Å². The van der Waals surface area contributed by atoms with Crippen molar-refractivity contribution in [2.45, 2.75) is 32.9 Å². The largest absolute Gasteiger partial charge is 0.341 e. The highest BCUT2D eigenvalue weighted by Crippen LogP contribution is 2.31. The van der Waals surface area contributed by atoms with Crippen LogP contribution in [-0.2, 0) is 21.4 Å². The van der Waals surface area contributed by atoms with Crippen molar-refractivity contribution in [3.8, 4) is 0 Å². The van der Waals surface area contributed by atoms with Crippen molar-refractivity contribution in [3.63, 3.8) is 0 Å². The molecule has 1 atom stereocenters. The number of halogens is 1. The molecule has 3 aromatic carbocycles. The molecule has 1 heterocycles. The van der Waals surface area contributed by atoms with E-state index in [-0.39, 0.29) is 12.1 Å². The smallest absolute Gasteiger partial charge is 0.248 e.